The van der Waals surface area contributed by atoms with Crippen molar-refractivity contribution in [3.8, 4) is 0 Å². The molecule has 0 aliphatic rings. The number of carboxylic acid groups (broad SMARTS) is 1. The minimum atomic E-state index is -3.75. The van der Waals surface area contributed by atoms with Gasteiger partial charge >= 0.3 is 5.97 Å². The molecule has 0 bridgehead atoms. The lowest BCUT2D eigenvalue weighted by Crippen LogP contribution is -2.30. The van der Waals surface area contributed by atoms with Crippen LogP contribution in [0.2, 0.25) is 0 Å². The van der Waals surface area contributed by atoms with Gasteiger partial charge in [-0.25, -0.2) is 8.42 Å². The lowest BCUT2D eigenvalue weighted by atomic mass is 10.1. The molecule has 0 fully saturated rings. The highest BCUT2D eigenvalue weighted by Crippen LogP contribution is 2.15. The molecule has 9 heteroatoms. The number of aliphatic carboxylic acids is 1. The summed E-state index contributed by atoms with van der Waals surface area (Å²) in [5.41, 5.74) is 12.6. The smallest absolute Gasteiger partial charge is 0.319 e. The second-order valence-corrected chi connectivity index (χ2v) is 8.35. The van der Waals surface area contributed by atoms with Crippen LogP contribution in [0.15, 0.2) is 84.3 Å². The van der Waals surface area contributed by atoms with Crippen LogP contribution < -0.4 is 22.1 Å². The van der Waals surface area contributed by atoms with Gasteiger partial charge in [0.15, 0.2) is 15.6 Å². The standard InChI is InChI=1S/C15H14O4S.C6H14N4/c16-15(17)11-20(18,19)14-8-6-13(7-9-14)10-12-4-2-1-3-5-12;1-5(7)9-3-4-10-6(2)8/h1-9H,10-11H2,(H,16,17);9-10H,1-4,7-8H2. The number of nitrogens with one attached hydrogen (secondary N) is 2. The van der Waals surface area contributed by atoms with Crippen molar-refractivity contribution >= 4 is 15.8 Å². The molecule has 0 aliphatic heterocycles. The number of carbonyl (C=O) groups is 1. The lowest BCUT2D eigenvalue weighted by molar-refractivity contribution is -0.134. The average molecular weight is 433 g/mol. The van der Waals surface area contributed by atoms with Crippen LogP contribution in [-0.4, -0.2) is 38.3 Å². The summed E-state index contributed by atoms with van der Waals surface area (Å²) in [5.74, 6) is -1.31. The number of rotatable bonds is 10. The largest absolute Gasteiger partial charge is 0.480 e. The summed E-state index contributed by atoms with van der Waals surface area (Å²) in [7, 11) is -3.75. The normalized spacial score (nSPS) is 10.3. The van der Waals surface area contributed by atoms with E-state index in [9.17, 15) is 13.2 Å². The van der Waals surface area contributed by atoms with Crippen LogP contribution in [0.1, 0.15) is 11.1 Å². The Morgan fingerprint density at radius 2 is 1.33 bits per heavy atom. The number of benzene rings is 2. The van der Waals surface area contributed by atoms with Crippen LogP contribution >= 0.6 is 0 Å². The molecule has 7 N–H and O–H groups in total. The van der Waals surface area contributed by atoms with E-state index in [0.29, 0.717) is 31.2 Å². The highest BCUT2D eigenvalue weighted by molar-refractivity contribution is 7.92. The molecule has 0 unspecified atom stereocenters. The molecule has 2 rings (SSSR count). The van der Waals surface area contributed by atoms with Crippen LogP contribution in [0, 0.1) is 0 Å². The molecular formula is C21H28N4O4S. The van der Waals surface area contributed by atoms with E-state index in [1.807, 2.05) is 30.3 Å². The van der Waals surface area contributed by atoms with Crippen molar-refractivity contribution in [1.82, 2.24) is 10.6 Å². The quantitative estimate of drug-likeness (QED) is 0.351. The molecule has 8 nitrogen and oxygen atoms in total. The maximum absolute atomic E-state index is 11.7. The zero-order valence-corrected chi connectivity index (χ0v) is 17.5. The molecule has 2 aromatic rings. The fourth-order valence-electron chi connectivity index (χ4n) is 2.34. The summed E-state index contributed by atoms with van der Waals surface area (Å²) in [6, 6.07) is 16.1. The third-order valence-corrected chi connectivity index (χ3v) is 5.29. The molecule has 0 atom stereocenters. The van der Waals surface area contributed by atoms with Gasteiger partial charge in [-0.05, 0) is 29.7 Å². The Bertz CT molecular complexity index is 927. The van der Waals surface area contributed by atoms with Gasteiger partial charge in [0.05, 0.1) is 16.5 Å². The second-order valence-electron chi connectivity index (χ2n) is 6.36. The Kier molecular flexibility index (Phi) is 9.98. The molecule has 0 amide bonds. The van der Waals surface area contributed by atoms with Gasteiger partial charge in [0.25, 0.3) is 0 Å². The Morgan fingerprint density at radius 3 is 1.77 bits per heavy atom. The molecule has 0 saturated carbocycles. The minimum Gasteiger partial charge on any atom is -0.480 e. The zero-order valence-electron chi connectivity index (χ0n) is 16.7. The van der Waals surface area contributed by atoms with Crippen LogP contribution in [0.25, 0.3) is 0 Å². The summed E-state index contributed by atoms with van der Waals surface area (Å²) in [6.07, 6.45) is 0.708. The van der Waals surface area contributed by atoms with Crippen molar-refractivity contribution in [2.45, 2.75) is 11.3 Å². The van der Waals surface area contributed by atoms with Crippen LogP contribution in [0.5, 0.6) is 0 Å². The maximum Gasteiger partial charge on any atom is 0.319 e. The van der Waals surface area contributed by atoms with Gasteiger partial charge in [0, 0.05) is 13.1 Å². The minimum absolute atomic E-state index is 0.0386. The van der Waals surface area contributed by atoms with Crippen molar-refractivity contribution in [3.63, 3.8) is 0 Å². The summed E-state index contributed by atoms with van der Waals surface area (Å²) in [5, 5.41) is 14.2. The van der Waals surface area contributed by atoms with Crippen LogP contribution in [-0.2, 0) is 21.1 Å². The predicted molar refractivity (Wildman–Crippen MR) is 118 cm³/mol. The van der Waals surface area contributed by atoms with Gasteiger partial charge in [-0.1, -0.05) is 55.6 Å². The highest BCUT2D eigenvalue weighted by atomic mass is 32.2. The SMILES string of the molecule is C=C(N)NCCNC(=C)N.O=C(O)CS(=O)(=O)c1ccc(Cc2ccccc2)cc1. The van der Waals surface area contributed by atoms with Gasteiger partial charge < -0.3 is 27.2 Å². The first-order valence-corrected chi connectivity index (χ1v) is 10.7. The topological polar surface area (TPSA) is 148 Å². The molecule has 0 heterocycles. The van der Waals surface area contributed by atoms with E-state index in [1.54, 1.807) is 12.1 Å². The van der Waals surface area contributed by atoms with Crippen molar-refractivity contribution in [2.24, 2.45) is 11.5 Å². The number of hydrogen-bond donors (Lipinski definition) is 5. The van der Waals surface area contributed by atoms with E-state index in [1.165, 1.54) is 12.1 Å². The number of carboxylic acids is 1. The molecule has 0 radical (unpaired) electrons. The molecule has 0 aromatic heterocycles. The fourth-order valence-corrected chi connectivity index (χ4v) is 3.38. The van der Waals surface area contributed by atoms with Crippen molar-refractivity contribution in [2.75, 3.05) is 18.8 Å². The Labute approximate surface area is 177 Å². The summed E-state index contributed by atoms with van der Waals surface area (Å²) < 4.78 is 23.5. The lowest BCUT2D eigenvalue weighted by Gasteiger charge is -2.06. The third kappa shape index (κ3) is 10.2. The highest BCUT2D eigenvalue weighted by Gasteiger charge is 2.18. The van der Waals surface area contributed by atoms with Gasteiger partial charge in [-0.3, -0.25) is 4.79 Å². The van der Waals surface area contributed by atoms with Crippen molar-refractivity contribution in [3.05, 3.63) is 90.5 Å². The fraction of sp³-hybridized carbons (Fsp3) is 0.190. The Balaban J connectivity index is 0.000000382. The van der Waals surface area contributed by atoms with Crippen molar-refractivity contribution in [1.29, 1.82) is 0 Å². The zero-order chi connectivity index (χ0) is 22.6. The van der Waals surface area contributed by atoms with E-state index in [-0.39, 0.29) is 4.90 Å². The monoisotopic (exact) mass is 432 g/mol. The molecule has 2 aromatic carbocycles. The third-order valence-electron chi connectivity index (χ3n) is 3.68. The molecule has 30 heavy (non-hydrogen) atoms. The van der Waals surface area contributed by atoms with Gasteiger partial charge in [0.1, 0.15) is 0 Å². The predicted octanol–water partition coefficient (Wildman–Crippen LogP) is 1.16. The van der Waals surface area contributed by atoms with Crippen LogP contribution in [0.4, 0.5) is 0 Å². The first-order valence-electron chi connectivity index (χ1n) is 9.04. The molecule has 162 valence electrons. The van der Waals surface area contributed by atoms with Gasteiger partial charge in [0.2, 0.25) is 0 Å². The Hall–Kier alpha value is -3.46. The maximum atomic E-state index is 11.7. The van der Waals surface area contributed by atoms with Gasteiger partial charge in [-0.15, -0.1) is 0 Å². The first-order chi connectivity index (χ1) is 14.1. The van der Waals surface area contributed by atoms with E-state index < -0.39 is 21.6 Å². The van der Waals surface area contributed by atoms with Gasteiger partial charge in [-0.2, -0.15) is 0 Å². The molecule has 0 aliphatic carbocycles. The van der Waals surface area contributed by atoms with E-state index >= 15 is 0 Å². The summed E-state index contributed by atoms with van der Waals surface area (Å²) in [6.45, 7) is 8.31. The second kappa shape index (κ2) is 12.2. The van der Waals surface area contributed by atoms with E-state index in [2.05, 4.69) is 23.8 Å². The molecular weight excluding hydrogens is 404 g/mol. The average Bonchev–Trinajstić information content (AvgIpc) is 2.66. The van der Waals surface area contributed by atoms with E-state index in [0.717, 1.165) is 11.1 Å². The summed E-state index contributed by atoms with van der Waals surface area (Å²) >= 11 is 0. The number of nitrogens with two attached hydrogens (primary N) is 2. The number of sulfone groups is 1. The van der Waals surface area contributed by atoms with Crippen LogP contribution in [0.3, 0.4) is 0 Å². The molecule has 0 saturated heterocycles. The Morgan fingerprint density at radius 1 is 0.867 bits per heavy atom. The first kappa shape index (κ1) is 24.6. The number of hydrogen-bond acceptors (Lipinski definition) is 7. The van der Waals surface area contributed by atoms with E-state index in [4.69, 9.17) is 16.6 Å². The molecule has 0 spiro atoms. The van der Waals surface area contributed by atoms with Crippen molar-refractivity contribution < 1.29 is 18.3 Å². The summed E-state index contributed by atoms with van der Waals surface area (Å²) in [4.78, 5) is 10.6.